The van der Waals surface area contributed by atoms with Gasteiger partial charge in [0.05, 0.1) is 0 Å². The summed E-state index contributed by atoms with van der Waals surface area (Å²) in [6.45, 7) is 8.57. The maximum Gasteiger partial charge on any atom is 0.179 e. The van der Waals surface area contributed by atoms with Crippen LogP contribution < -0.4 is 0 Å². The predicted molar refractivity (Wildman–Crippen MR) is 139 cm³/mol. The van der Waals surface area contributed by atoms with Gasteiger partial charge in [-0.15, -0.1) is 0 Å². The third kappa shape index (κ3) is 4.73. The Kier molecular flexibility index (Phi) is 6.37. The molecule has 1 nitrogen and oxygen atoms in total. The van der Waals surface area contributed by atoms with E-state index in [9.17, 15) is 4.79 Å². The van der Waals surface area contributed by atoms with Crippen molar-refractivity contribution in [2.24, 2.45) is 11.8 Å². The lowest BCUT2D eigenvalue weighted by molar-refractivity contribution is -0.110. The minimum Gasteiger partial charge on any atom is -0.290 e. The van der Waals surface area contributed by atoms with Crippen LogP contribution in [0.25, 0.3) is 32.7 Å². The largest absolute Gasteiger partial charge is 0.290 e. The van der Waals surface area contributed by atoms with Crippen molar-refractivity contribution in [2.75, 3.05) is 0 Å². The van der Waals surface area contributed by atoms with Gasteiger partial charge in [0, 0.05) is 0 Å². The third-order valence-electron chi connectivity index (χ3n) is 6.01. The van der Waals surface area contributed by atoms with Crippen LogP contribution >= 0.6 is 0 Å². The Hall–Kier alpha value is -3.45. The highest BCUT2D eigenvalue weighted by atomic mass is 16.1. The first-order valence-electron chi connectivity index (χ1n) is 11.4. The van der Waals surface area contributed by atoms with Crippen LogP contribution in [0.5, 0.6) is 0 Å². The molecule has 1 heteroatoms. The second-order valence-electron chi connectivity index (χ2n) is 9.03. The molecule has 0 saturated heterocycles. The molecule has 0 saturated carbocycles. The van der Waals surface area contributed by atoms with Gasteiger partial charge in [0.15, 0.2) is 5.78 Å². The van der Waals surface area contributed by atoms with E-state index in [1.165, 1.54) is 21.5 Å². The molecule has 0 aliphatic carbocycles. The molecular weight excluding hydrogens is 388 g/mol. The van der Waals surface area contributed by atoms with E-state index in [1.807, 2.05) is 12.2 Å². The van der Waals surface area contributed by atoms with Gasteiger partial charge in [-0.3, -0.25) is 4.79 Å². The maximum atomic E-state index is 13.2. The lowest BCUT2D eigenvalue weighted by Gasteiger charge is -2.14. The van der Waals surface area contributed by atoms with Crippen molar-refractivity contribution in [1.29, 1.82) is 0 Å². The van der Waals surface area contributed by atoms with Gasteiger partial charge < -0.3 is 0 Å². The molecule has 4 rings (SSSR count). The summed E-state index contributed by atoms with van der Waals surface area (Å²) >= 11 is 0. The Balaban J connectivity index is 1.72. The highest BCUT2D eigenvalue weighted by molar-refractivity contribution is 6.09. The Morgan fingerprint density at radius 3 is 1.31 bits per heavy atom. The van der Waals surface area contributed by atoms with Crippen molar-refractivity contribution in [3.8, 4) is 0 Å². The van der Waals surface area contributed by atoms with Gasteiger partial charge in [-0.25, -0.2) is 0 Å². The summed E-state index contributed by atoms with van der Waals surface area (Å²) in [5.74, 6) is 0.534. The van der Waals surface area contributed by atoms with E-state index in [-0.39, 0.29) is 17.6 Å². The second kappa shape index (κ2) is 9.36. The van der Waals surface area contributed by atoms with Crippen LogP contribution in [0.1, 0.15) is 38.8 Å². The normalized spacial score (nSPS) is 12.8. The number of fused-ring (bicyclic) bond motifs is 2. The topological polar surface area (TPSA) is 17.1 Å². The quantitative estimate of drug-likeness (QED) is 0.288. The second-order valence-corrected chi connectivity index (χ2v) is 9.03. The number of ketones is 1. The molecule has 4 aromatic rings. The minimum atomic E-state index is 0.0405. The summed E-state index contributed by atoms with van der Waals surface area (Å²) in [6, 6.07) is 29.6. The number of hydrogen-bond donors (Lipinski definition) is 0. The first-order valence-corrected chi connectivity index (χ1v) is 11.4. The summed E-state index contributed by atoms with van der Waals surface area (Å²) in [4.78, 5) is 13.2. The number of allylic oxidation sites excluding steroid dienone is 4. The minimum absolute atomic E-state index is 0.0405. The van der Waals surface area contributed by atoms with Gasteiger partial charge in [0.1, 0.15) is 0 Å². The predicted octanol–water partition coefficient (Wildman–Crippen LogP) is 8.34. The van der Waals surface area contributed by atoms with E-state index >= 15 is 0 Å². The Bertz CT molecular complexity index is 1230. The Labute approximate surface area is 191 Å². The molecule has 0 amide bonds. The van der Waals surface area contributed by atoms with E-state index in [1.54, 1.807) is 0 Å². The molecule has 160 valence electrons. The van der Waals surface area contributed by atoms with Crippen LogP contribution in [0.15, 0.2) is 97.1 Å². The number of carbonyl (C=O) groups excluding carboxylic acids is 1. The molecule has 0 unspecified atom stereocenters. The highest BCUT2D eigenvalue weighted by Gasteiger charge is 2.12. The zero-order valence-electron chi connectivity index (χ0n) is 19.3. The number of carbonyl (C=O) groups is 1. The Morgan fingerprint density at radius 1 is 0.562 bits per heavy atom. The molecule has 0 radical (unpaired) electrons. The molecule has 0 N–H and O–H groups in total. The fourth-order valence-corrected chi connectivity index (χ4v) is 4.25. The summed E-state index contributed by atoms with van der Waals surface area (Å²) in [7, 11) is 0. The molecule has 4 aromatic carbocycles. The van der Waals surface area contributed by atoms with Crippen molar-refractivity contribution in [3.05, 3.63) is 108 Å². The van der Waals surface area contributed by atoms with Crippen LogP contribution in [0.2, 0.25) is 0 Å². The average Bonchev–Trinajstić information content (AvgIpc) is 2.80. The van der Waals surface area contributed by atoms with Crippen molar-refractivity contribution < 1.29 is 4.79 Å². The first kappa shape index (κ1) is 21.8. The number of benzene rings is 4. The molecule has 0 aliphatic rings. The monoisotopic (exact) mass is 418 g/mol. The molecule has 0 atom stereocenters. The van der Waals surface area contributed by atoms with E-state index in [0.717, 1.165) is 22.3 Å². The molecule has 0 fully saturated rings. The average molecular weight is 419 g/mol. The smallest absolute Gasteiger partial charge is 0.179 e. The van der Waals surface area contributed by atoms with Gasteiger partial charge in [0.2, 0.25) is 0 Å². The standard InChI is InChI=1S/C31H30O/c1-21(2)30(27-15-13-23-9-5-7-11-25(23)17-27)19-29(32)20-31(22(3)4)28-16-14-24-10-6-8-12-26(24)18-28/h5-22H,1-4H3. The molecule has 0 aromatic heterocycles. The fraction of sp³-hybridized carbons (Fsp3) is 0.194. The molecule has 0 heterocycles. The van der Waals surface area contributed by atoms with Gasteiger partial charge in [0.25, 0.3) is 0 Å². The lowest BCUT2D eigenvalue weighted by atomic mass is 9.90. The van der Waals surface area contributed by atoms with Crippen LogP contribution in [0.3, 0.4) is 0 Å². The zero-order chi connectivity index (χ0) is 22.7. The van der Waals surface area contributed by atoms with Gasteiger partial charge in [-0.05, 0) is 79.9 Å². The van der Waals surface area contributed by atoms with E-state index in [4.69, 9.17) is 0 Å². The zero-order valence-corrected chi connectivity index (χ0v) is 19.3. The van der Waals surface area contributed by atoms with Crippen LogP contribution in [-0.4, -0.2) is 5.78 Å². The number of hydrogen-bond acceptors (Lipinski definition) is 1. The van der Waals surface area contributed by atoms with E-state index in [2.05, 4.69) is 113 Å². The summed E-state index contributed by atoms with van der Waals surface area (Å²) in [5.41, 5.74) is 4.35. The summed E-state index contributed by atoms with van der Waals surface area (Å²) in [6.07, 6.45) is 3.64. The fourth-order valence-electron chi connectivity index (χ4n) is 4.25. The van der Waals surface area contributed by atoms with Gasteiger partial charge in [-0.1, -0.05) is 100 Å². The SMILES string of the molecule is CC(C)C(=CC(=O)C=C(c1ccc2ccccc2c1)C(C)C)c1ccc2ccccc2c1. The van der Waals surface area contributed by atoms with Crippen molar-refractivity contribution in [1.82, 2.24) is 0 Å². The molecule has 0 aliphatic heterocycles. The maximum absolute atomic E-state index is 13.2. The lowest BCUT2D eigenvalue weighted by Crippen LogP contribution is -2.01. The third-order valence-corrected chi connectivity index (χ3v) is 6.01. The first-order chi connectivity index (χ1) is 15.4. The van der Waals surface area contributed by atoms with Crippen LogP contribution in [-0.2, 0) is 4.79 Å². The Morgan fingerprint density at radius 2 is 0.938 bits per heavy atom. The van der Waals surface area contributed by atoms with Gasteiger partial charge in [-0.2, -0.15) is 0 Å². The molecular formula is C31H30O. The van der Waals surface area contributed by atoms with Crippen molar-refractivity contribution in [2.45, 2.75) is 27.7 Å². The molecule has 0 bridgehead atoms. The van der Waals surface area contributed by atoms with Gasteiger partial charge >= 0.3 is 0 Å². The van der Waals surface area contributed by atoms with Crippen LogP contribution in [0.4, 0.5) is 0 Å². The highest BCUT2D eigenvalue weighted by Crippen LogP contribution is 2.29. The number of rotatable bonds is 6. The summed E-state index contributed by atoms with van der Waals surface area (Å²) < 4.78 is 0. The van der Waals surface area contributed by atoms with E-state index < -0.39 is 0 Å². The van der Waals surface area contributed by atoms with Crippen molar-refractivity contribution >= 4 is 38.5 Å². The molecule has 32 heavy (non-hydrogen) atoms. The van der Waals surface area contributed by atoms with Crippen molar-refractivity contribution in [3.63, 3.8) is 0 Å². The molecule has 0 spiro atoms. The summed E-state index contributed by atoms with van der Waals surface area (Å²) in [5, 5.41) is 4.81. The van der Waals surface area contributed by atoms with Crippen LogP contribution in [0, 0.1) is 11.8 Å². The van der Waals surface area contributed by atoms with E-state index in [0.29, 0.717) is 0 Å².